The molecule has 0 aliphatic carbocycles. The number of amides is 1. The van der Waals surface area contributed by atoms with Gasteiger partial charge in [-0.05, 0) is 43.4 Å². The van der Waals surface area contributed by atoms with E-state index in [1.165, 1.54) is 4.68 Å². The minimum Gasteiger partial charge on any atom is -0.381 e. The molecule has 0 atom stereocenters. The molecule has 0 radical (unpaired) electrons. The molecule has 0 unspecified atom stereocenters. The summed E-state index contributed by atoms with van der Waals surface area (Å²) in [7, 11) is 0. The first-order chi connectivity index (χ1) is 13.6. The zero-order valence-electron chi connectivity index (χ0n) is 15.8. The summed E-state index contributed by atoms with van der Waals surface area (Å²) in [6, 6.07) is 8.01. The van der Waals surface area contributed by atoms with E-state index < -0.39 is 5.54 Å². The Morgan fingerprint density at radius 1 is 1.25 bits per heavy atom. The molecule has 0 saturated carbocycles. The van der Waals surface area contributed by atoms with Crippen LogP contribution in [-0.4, -0.2) is 33.5 Å². The molecule has 1 amide bonds. The van der Waals surface area contributed by atoms with E-state index in [2.05, 4.69) is 26.3 Å². The number of aromatic nitrogens is 3. The zero-order valence-corrected chi connectivity index (χ0v) is 17.4. The molecule has 1 saturated heterocycles. The number of rotatable bonds is 4. The van der Waals surface area contributed by atoms with Gasteiger partial charge in [0.25, 0.3) is 0 Å². The molecule has 8 heteroatoms. The van der Waals surface area contributed by atoms with Crippen LogP contribution in [0.1, 0.15) is 43.5 Å². The first-order valence-corrected chi connectivity index (χ1v) is 10.7. The molecule has 2 aromatic rings. The van der Waals surface area contributed by atoms with E-state index in [0.717, 1.165) is 41.5 Å². The lowest BCUT2D eigenvalue weighted by Gasteiger charge is -2.38. The topological polar surface area (TPSA) is 78.2 Å². The van der Waals surface area contributed by atoms with Gasteiger partial charge in [0.15, 0.2) is 0 Å². The van der Waals surface area contributed by atoms with Crippen molar-refractivity contribution >= 4 is 21.8 Å². The maximum absolute atomic E-state index is 12.9. The molecular weight excluding hydrogens is 424 g/mol. The second-order valence-electron chi connectivity index (χ2n) is 7.57. The van der Waals surface area contributed by atoms with E-state index in [0.29, 0.717) is 32.6 Å². The number of hydrogen-bond donors (Lipinski definition) is 1. The Kier molecular flexibility index (Phi) is 5.68. The first-order valence-electron chi connectivity index (χ1n) is 9.89. The van der Waals surface area contributed by atoms with Gasteiger partial charge in [-0.15, -0.1) is 0 Å². The van der Waals surface area contributed by atoms with Crippen molar-refractivity contribution in [2.45, 2.75) is 57.2 Å². The third-order valence-electron chi connectivity index (χ3n) is 5.68. The number of carbonyl (C=O) groups excluding carboxylic acids is 1. The van der Waals surface area contributed by atoms with Crippen molar-refractivity contribution in [2.75, 3.05) is 13.2 Å². The van der Waals surface area contributed by atoms with Gasteiger partial charge < -0.3 is 10.1 Å². The van der Waals surface area contributed by atoms with Gasteiger partial charge in [0.05, 0.1) is 5.54 Å². The zero-order chi connectivity index (χ0) is 19.6. The number of fused-ring (bicyclic) bond motifs is 1. The molecule has 0 bridgehead atoms. The average Bonchev–Trinajstić information content (AvgIpc) is 2.85. The van der Waals surface area contributed by atoms with Crippen molar-refractivity contribution in [3.8, 4) is 0 Å². The van der Waals surface area contributed by atoms with E-state index in [-0.39, 0.29) is 18.1 Å². The van der Waals surface area contributed by atoms with Crippen molar-refractivity contribution in [1.82, 2.24) is 19.7 Å². The third kappa shape index (κ3) is 3.93. The van der Waals surface area contributed by atoms with Crippen LogP contribution >= 0.6 is 15.9 Å². The molecule has 2 aliphatic rings. The standard InChI is InChI=1S/C20H25BrN4O3/c21-16-6-4-5-15(13-16)20(8-11-28-12-9-20)22-18(26)14-25-19(27)24-10-3-1-2-7-17(24)23-25/h4-6,13H,1-3,7-12,14H2,(H,22,26). The highest BCUT2D eigenvalue weighted by Gasteiger charge is 2.36. The first kappa shape index (κ1) is 19.4. The van der Waals surface area contributed by atoms with Crippen LogP contribution in [0.5, 0.6) is 0 Å². The summed E-state index contributed by atoms with van der Waals surface area (Å²) in [5, 5.41) is 7.62. The van der Waals surface area contributed by atoms with E-state index in [9.17, 15) is 9.59 Å². The van der Waals surface area contributed by atoms with Crippen LogP contribution in [0.25, 0.3) is 0 Å². The van der Waals surface area contributed by atoms with Gasteiger partial charge in [-0.3, -0.25) is 9.36 Å². The Morgan fingerprint density at radius 3 is 2.86 bits per heavy atom. The molecule has 1 N–H and O–H groups in total. The van der Waals surface area contributed by atoms with E-state index in [1.54, 1.807) is 4.57 Å². The Hall–Kier alpha value is -1.93. The molecule has 2 aliphatic heterocycles. The molecule has 150 valence electrons. The van der Waals surface area contributed by atoms with Crippen molar-refractivity contribution < 1.29 is 9.53 Å². The van der Waals surface area contributed by atoms with Crippen LogP contribution in [0.3, 0.4) is 0 Å². The molecule has 0 spiro atoms. The summed E-state index contributed by atoms with van der Waals surface area (Å²) in [4.78, 5) is 25.6. The summed E-state index contributed by atoms with van der Waals surface area (Å²) in [6.45, 7) is 1.81. The normalized spacial score (nSPS) is 18.9. The number of hydrogen-bond acceptors (Lipinski definition) is 4. The van der Waals surface area contributed by atoms with Crippen LogP contribution in [0.2, 0.25) is 0 Å². The number of nitrogens with one attached hydrogen (secondary N) is 1. The van der Waals surface area contributed by atoms with Gasteiger partial charge in [0.2, 0.25) is 5.91 Å². The molecule has 1 aromatic heterocycles. The smallest absolute Gasteiger partial charge is 0.346 e. The van der Waals surface area contributed by atoms with E-state index in [4.69, 9.17) is 4.74 Å². The lowest BCUT2D eigenvalue weighted by molar-refractivity contribution is -0.125. The summed E-state index contributed by atoms with van der Waals surface area (Å²) in [5.74, 6) is 0.598. The molecule has 1 aromatic carbocycles. The number of aryl methyl sites for hydroxylation is 1. The summed E-state index contributed by atoms with van der Waals surface area (Å²) in [5.41, 5.74) is 0.376. The third-order valence-corrected chi connectivity index (χ3v) is 6.17. The summed E-state index contributed by atoms with van der Waals surface area (Å²) in [6.07, 6.45) is 5.32. The van der Waals surface area contributed by atoms with Gasteiger partial charge in [-0.2, -0.15) is 5.10 Å². The molecule has 3 heterocycles. The molecule has 1 fully saturated rings. The predicted molar refractivity (Wildman–Crippen MR) is 108 cm³/mol. The maximum atomic E-state index is 12.9. The monoisotopic (exact) mass is 448 g/mol. The molecular formula is C20H25BrN4O3. The summed E-state index contributed by atoms with van der Waals surface area (Å²) < 4.78 is 9.53. The number of halogens is 1. The van der Waals surface area contributed by atoms with Gasteiger partial charge in [-0.1, -0.05) is 34.5 Å². The molecule has 7 nitrogen and oxygen atoms in total. The minimum absolute atomic E-state index is 0.0601. The van der Waals surface area contributed by atoms with Crippen LogP contribution in [0, 0.1) is 0 Å². The van der Waals surface area contributed by atoms with Crippen LogP contribution in [-0.2, 0) is 34.6 Å². The van der Waals surface area contributed by atoms with Crippen LogP contribution in [0.4, 0.5) is 0 Å². The van der Waals surface area contributed by atoms with Crippen molar-refractivity contribution in [3.63, 3.8) is 0 Å². The van der Waals surface area contributed by atoms with Gasteiger partial charge >= 0.3 is 5.69 Å². The van der Waals surface area contributed by atoms with Gasteiger partial charge in [0, 0.05) is 30.7 Å². The Morgan fingerprint density at radius 2 is 2.07 bits per heavy atom. The van der Waals surface area contributed by atoms with Gasteiger partial charge in [0.1, 0.15) is 12.4 Å². The van der Waals surface area contributed by atoms with E-state index in [1.807, 2.05) is 24.3 Å². The largest absolute Gasteiger partial charge is 0.381 e. The fourth-order valence-corrected chi connectivity index (χ4v) is 4.56. The number of nitrogens with zero attached hydrogens (tertiary/aromatic N) is 3. The Bertz CT molecular complexity index is 914. The van der Waals surface area contributed by atoms with Gasteiger partial charge in [-0.25, -0.2) is 9.48 Å². The lowest BCUT2D eigenvalue weighted by Crippen LogP contribution is -2.51. The minimum atomic E-state index is -0.487. The highest BCUT2D eigenvalue weighted by molar-refractivity contribution is 9.10. The van der Waals surface area contributed by atoms with Crippen molar-refractivity contribution in [1.29, 1.82) is 0 Å². The second kappa shape index (κ2) is 8.21. The van der Waals surface area contributed by atoms with E-state index >= 15 is 0 Å². The van der Waals surface area contributed by atoms with Crippen molar-refractivity contribution in [2.24, 2.45) is 0 Å². The summed E-state index contributed by atoms with van der Waals surface area (Å²) >= 11 is 3.52. The second-order valence-corrected chi connectivity index (χ2v) is 8.49. The van der Waals surface area contributed by atoms with Crippen molar-refractivity contribution in [3.05, 3.63) is 50.6 Å². The highest BCUT2D eigenvalue weighted by Crippen LogP contribution is 2.33. The fraction of sp³-hybridized carbons (Fsp3) is 0.550. The lowest BCUT2D eigenvalue weighted by atomic mass is 9.82. The number of benzene rings is 1. The molecule has 4 rings (SSSR count). The highest BCUT2D eigenvalue weighted by atomic mass is 79.9. The fourth-order valence-electron chi connectivity index (χ4n) is 4.16. The van der Waals surface area contributed by atoms with Crippen LogP contribution < -0.4 is 11.0 Å². The van der Waals surface area contributed by atoms with Crippen LogP contribution in [0.15, 0.2) is 33.5 Å². The number of ether oxygens (including phenoxy) is 1. The quantitative estimate of drug-likeness (QED) is 0.778. The molecule has 28 heavy (non-hydrogen) atoms. The average molecular weight is 449 g/mol. The number of carbonyl (C=O) groups is 1. The maximum Gasteiger partial charge on any atom is 0.346 e. The Balaban J connectivity index is 1.55. The Labute approximate surface area is 172 Å². The predicted octanol–water partition coefficient (Wildman–Crippen LogP) is 2.36. The SMILES string of the molecule is O=C(Cn1nc2n(c1=O)CCCCC2)NC1(c2cccc(Br)c2)CCOCC1.